The fourth-order valence-electron chi connectivity index (χ4n) is 5.28. The molecule has 14 heteroatoms. The number of hydrogen-bond acceptors (Lipinski definition) is 2. The van der Waals surface area contributed by atoms with E-state index in [2.05, 4.69) is 0 Å². The molecule has 4 rings (SSSR count). The predicted molar refractivity (Wildman–Crippen MR) is 132 cm³/mol. The Bertz CT molecular complexity index is 1260. The van der Waals surface area contributed by atoms with Crippen molar-refractivity contribution in [3.05, 3.63) is 57.6 Å². The summed E-state index contributed by atoms with van der Waals surface area (Å²) in [6, 6.07) is 1.15. The highest BCUT2D eigenvalue weighted by molar-refractivity contribution is 5.59. The van der Waals surface area contributed by atoms with Crippen LogP contribution in [-0.2, 0) is 11.8 Å². The third-order valence-corrected chi connectivity index (χ3v) is 8.62. The average Bonchev–Trinajstić information content (AvgIpc) is 2.81. The molecule has 0 aromatic heterocycles. The van der Waals surface area contributed by atoms with Gasteiger partial charge in [0.15, 0.2) is 0 Å². The Labute approximate surface area is 233 Å². The Morgan fingerprint density at radius 2 is 0.786 bits per heavy atom. The smallest absolute Gasteiger partial charge is 0.385 e. The van der Waals surface area contributed by atoms with Gasteiger partial charge in [-0.25, -0.2) is 0 Å². The first kappa shape index (κ1) is 32.1. The van der Waals surface area contributed by atoms with Crippen molar-refractivity contribution < 1.29 is 52.7 Å². The Kier molecular flexibility index (Phi) is 7.55. The number of hydrogen-bond donors (Lipinski definition) is 2. The summed E-state index contributed by atoms with van der Waals surface area (Å²) in [6.07, 6.45) is 2.77. The molecule has 4 N–H and O–H groups in total. The minimum Gasteiger partial charge on any atom is -0.398 e. The molecule has 0 aliphatic heterocycles. The number of nitrogen functional groups attached to an aromatic ring is 2. The zero-order valence-electron chi connectivity index (χ0n) is 22.4. The Morgan fingerprint density at radius 1 is 0.500 bits per heavy atom. The van der Waals surface area contributed by atoms with Gasteiger partial charge >= 0.3 is 35.5 Å². The van der Waals surface area contributed by atoms with Crippen molar-refractivity contribution in [2.24, 2.45) is 0 Å². The molecular formula is C28H28F12N2. The van der Waals surface area contributed by atoms with E-state index in [1.54, 1.807) is 0 Å². The van der Waals surface area contributed by atoms with Crippen molar-refractivity contribution >= 4 is 11.4 Å². The molecule has 2 saturated carbocycles. The summed E-state index contributed by atoms with van der Waals surface area (Å²) in [4.78, 5) is 0. The van der Waals surface area contributed by atoms with Crippen molar-refractivity contribution in [1.29, 1.82) is 0 Å². The minimum absolute atomic E-state index is 0.120. The van der Waals surface area contributed by atoms with Crippen molar-refractivity contribution in [1.82, 2.24) is 0 Å². The zero-order valence-corrected chi connectivity index (χ0v) is 22.4. The van der Waals surface area contributed by atoms with E-state index in [0.29, 0.717) is 50.7 Å². The van der Waals surface area contributed by atoms with Gasteiger partial charge in [-0.2, -0.15) is 52.7 Å². The lowest BCUT2D eigenvalue weighted by atomic mass is 9.77. The van der Waals surface area contributed by atoms with Gasteiger partial charge < -0.3 is 11.5 Å². The van der Waals surface area contributed by atoms with Gasteiger partial charge in [0, 0.05) is 22.5 Å². The summed E-state index contributed by atoms with van der Waals surface area (Å²) in [5.74, 6) is -43.3. The summed E-state index contributed by atoms with van der Waals surface area (Å²) in [5, 5.41) is 0. The summed E-state index contributed by atoms with van der Waals surface area (Å²) in [7, 11) is 0. The topological polar surface area (TPSA) is 52.0 Å². The Morgan fingerprint density at radius 3 is 1.02 bits per heavy atom. The summed E-state index contributed by atoms with van der Waals surface area (Å²) in [5.41, 5.74) is 6.76. The fraction of sp³-hybridized carbons (Fsp3) is 0.571. The molecule has 0 radical (unpaired) electrons. The number of aryl methyl sites for hydroxylation is 2. The largest absolute Gasteiger partial charge is 0.398 e. The maximum atomic E-state index is 15.1. The monoisotopic (exact) mass is 620 g/mol. The number of halogens is 12. The summed E-state index contributed by atoms with van der Waals surface area (Å²) in [6.45, 7) is 2.15. The van der Waals surface area contributed by atoms with Crippen LogP contribution in [-0.4, -0.2) is 23.7 Å². The molecule has 0 saturated heterocycles. The van der Waals surface area contributed by atoms with E-state index >= 15 is 17.6 Å². The molecule has 2 aromatic rings. The summed E-state index contributed by atoms with van der Waals surface area (Å²) < 4.78 is 179. The highest BCUT2D eigenvalue weighted by Crippen LogP contribution is 2.64. The molecule has 2 nitrogen and oxygen atoms in total. The molecule has 0 heterocycles. The third kappa shape index (κ3) is 4.32. The van der Waals surface area contributed by atoms with E-state index in [-0.39, 0.29) is 45.8 Å². The predicted octanol–water partition coefficient (Wildman–Crippen LogP) is 9.43. The number of anilines is 2. The van der Waals surface area contributed by atoms with Gasteiger partial charge in [0.25, 0.3) is 0 Å². The molecule has 0 bridgehead atoms. The summed E-state index contributed by atoms with van der Waals surface area (Å²) >= 11 is 0. The molecule has 42 heavy (non-hydrogen) atoms. The van der Waals surface area contributed by atoms with Gasteiger partial charge in [-0.1, -0.05) is 12.8 Å². The first-order valence-corrected chi connectivity index (χ1v) is 13.1. The lowest BCUT2D eigenvalue weighted by molar-refractivity contribution is -0.429. The SMILES string of the molecule is Cc1cc(C(F)(F)C(F)(F)C(F)(F)C(F)(F)C(F)(F)C(F)(F)c2cc(C)c(N)c(C3CCC3)c2)cc(C2CCC2)c1N. The van der Waals surface area contributed by atoms with Crippen LogP contribution in [0.4, 0.5) is 64.1 Å². The van der Waals surface area contributed by atoms with Crippen LogP contribution in [0.3, 0.4) is 0 Å². The van der Waals surface area contributed by atoms with Crippen molar-refractivity contribution in [2.75, 3.05) is 11.5 Å². The van der Waals surface area contributed by atoms with Gasteiger partial charge in [-0.05, 0) is 97.9 Å². The van der Waals surface area contributed by atoms with Crippen LogP contribution >= 0.6 is 0 Å². The van der Waals surface area contributed by atoms with E-state index in [0.717, 1.165) is 13.8 Å². The van der Waals surface area contributed by atoms with Gasteiger partial charge in [0.2, 0.25) is 0 Å². The fourth-order valence-corrected chi connectivity index (χ4v) is 5.28. The second-order valence-corrected chi connectivity index (χ2v) is 11.3. The standard InChI is InChI=1S/C28H28F12N2/c1-13-9-17(11-19(21(13)41)15-5-3-6-15)23(29,30)25(33,34)27(37,38)28(39,40)26(35,36)24(31,32)18-10-14(2)22(42)20(12-18)16-7-4-8-16/h9-12,15-16H,3-8,41-42H2,1-2H3. The van der Waals surface area contributed by atoms with E-state index in [1.165, 1.54) is 0 Å². The van der Waals surface area contributed by atoms with Crippen molar-refractivity contribution in [3.63, 3.8) is 0 Å². The minimum atomic E-state index is -7.68. The third-order valence-electron chi connectivity index (χ3n) is 8.62. The first-order chi connectivity index (χ1) is 19.0. The van der Waals surface area contributed by atoms with Crippen LogP contribution < -0.4 is 11.5 Å². The Balaban J connectivity index is 1.78. The zero-order chi connectivity index (χ0) is 31.8. The molecule has 0 unspecified atom stereocenters. The number of benzene rings is 2. The van der Waals surface area contributed by atoms with Crippen LogP contribution in [0.5, 0.6) is 0 Å². The second kappa shape index (κ2) is 9.87. The van der Waals surface area contributed by atoms with E-state index in [4.69, 9.17) is 11.5 Å². The van der Waals surface area contributed by atoms with E-state index in [1.807, 2.05) is 0 Å². The van der Waals surface area contributed by atoms with Gasteiger partial charge in [-0.15, -0.1) is 0 Å². The molecule has 2 aromatic carbocycles. The van der Waals surface area contributed by atoms with Crippen LogP contribution in [0.15, 0.2) is 24.3 Å². The quantitative estimate of drug-likeness (QED) is 0.217. The molecule has 0 amide bonds. The van der Waals surface area contributed by atoms with Gasteiger partial charge in [-0.3, -0.25) is 0 Å². The molecule has 2 aliphatic rings. The number of alkyl halides is 12. The van der Waals surface area contributed by atoms with E-state index < -0.39 is 58.5 Å². The molecule has 2 aliphatic carbocycles. The Hall–Kier alpha value is -2.80. The van der Waals surface area contributed by atoms with Crippen LogP contribution in [0, 0.1) is 13.8 Å². The normalized spacial score (nSPS) is 18.1. The first-order valence-electron chi connectivity index (χ1n) is 13.1. The van der Waals surface area contributed by atoms with Crippen LogP contribution in [0.2, 0.25) is 0 Å². The van der Waals surface area contributed by atoms with Crippen molar-refractivity contribution in [2.45, 2.75) is 99.7 Å². The van der Waals surface area contributed by atoms with Crippen molar-refractivity contribution in [3.8, 4) is 0 Å². The van der Waals surface area contributed by atoms with Gasteiger partial charge in [0.05, 0.1) is 0 Å². The average molecular weight is 621 g/mol. The molecule has 234 valence electrons. The van der Waals surface area contributed by atoms with Gasteiger partial charge in [0.1, 0.15) is 0 Å². The number of nitrogens with two attached hydrogens (primary N) is 2. The molecule has 0 spiro atoms. The molecule has 2 fully saturated rings. The lowest BCUT2D eigenvalue weighted by Crippen LogP contribution is -2.69. The highest BCUT2D eigenvalue weighted by Gasteiger charge is 2.90. The lowest BCUT2D eigenvalue weighted by Gasteiger charge is -2.42. The molecular weight excluding hydrogens is 592 g/mol. The van der Waals surface area contributed by atoms with Crippen LogP contribution in [0.1, 0.15) is 83.7 Å². The second-order valence-electron chi connectivity index (χ2n) is 11.3. The van der Waals surface area contributed by atoms with E-state index in [9.17, 15) is 35.1 Å². The van der Waals surface area contributed by atoms with Crippen LogP contribution in [0.25, 0.3) is 0 Å². The highest BCUT2D eigenvalue weighted by atomic mass is 19.4. The maximum absolute atomic E-state index is 15.1. The molecule has 0 atom stereocenters. The maximum Gasteiger partial charge on any atom is 0.385 e. The number of rotatable bonds is 9.